The molecule has 1 aromatic carbocycles. The molecular weight excluding hydrogens is 356 g/mol. The summed E-state index contributed by atoms with van der Waals surface area (Å²) in [6, 6.07) is 12.6. The van der Waals surface area contributed by atoms with Gasteiger partial charge in [0.15, 0.2) is 0 Å². The molecule has 27 heavy (non-hydrogen) atoms. The van der Waals surface area contributed by atoms with Crippen LogP contribution in [-0.4, -0.2) is 48.7 Å². The number of hydrogen-bond acceptors (Lipinski definition) is 4. The van der Waals surface area contributed by atoms with Gasteiger partial charge in [0.25, 0.3) is 5.91 Å². The van der Waals surface area contributed by atoms with E-state index in [1.54, 1.807) is 11.3 Å². The number of thiophene rings is 1. The Morgan fingerprint density at radius 2 is 2.19 bits per heavy atom. The zero-order valence-corrected chi connectivity index (χ0v) is 16.3. The number of benzene rings is 1. The van der Waals surface area contributed by atoms with E-state index in [-0.39, 0.29) is 11.5 Å². The molecule has 142 valence electrons. The van der Waals surface area contributed by atoms with Gasteiger partial charge in [0.05, 0.1) is 11.7 Å². The van der Waals surface area contributed by atoms with Gasteiger partial charge >= 0.3 is 0 Å². The van der Waals surface area contributed by atoms with E-state index < -0.39 is 0 Å². The lowest BCUT2D eigenvalue weighted by Crippen LogP contribution is -2.41. The van der Waals surface area contributed by atoms with Gasteiger partial charge in [-0.05, 0) is 36.3 Å². The first kappa shape index (κ1) is 17.4. The molecule has 1 aromatic heterocycles. The molecule has 1 spiro atoms. The molecule has 5 rings (SSSR count). The Morgan fingerprint density at radius 3 is 3.00 bits per heavy atom. The largest absolute Gasteiger partial charge is 0.370 e. The quantitative estimate of drug-likeness (QED) is 0.834. The zero-order chi connectivity index (χ0) is 18.3. The lowest BCUT2D eigenvalue weighted by Gasteiger charge is -2.29. The van der Waals surface area contributed by atoms with Crippen LogP contribution in [0.1, 0.15) is 28.8 Å². The minimum Gasteiger partial charge on any atom is -0.370 e. The Bertz CT molecular complexity index is 794. The summed E-state index contributed by atoms with van der Waals surface area (Å²) in [5.41, 5.74) is 2.21. The molecule has 0 radical (unpaired) electrons. The van der Waals surface area contributed by atoms with Crippen molar-refractivity contribution in [2.45, 2.75) is 31.0 Å². The number of carbonyl (C=O) groups excluding carboxylic acids is 1. The van der Waals surface area contributed by atoms with Crippen molar-refractivity contribution < 1.29 is 9.53 Å². The molecule has 0 aliphatic carbocycles. The highest BCUT2D eigenvalue weighted by Gasteiger charge is 2.62. The van der Waals surface area contributed by atoms with Crippen molar-refractivity contribution in [3.8, 4) is 0 Å². The third-order valence-corrected chi connectivity index (χ3v) is 7.38. The van der Waals surface area contributed by atoms with Crippen LogP contribution in [0.3, 0.4) is 0 Å². The topological polar surface area (TPSA) is 41.6 Å². The van der Waals surface area contributed by atoms with Crippen LogP contribution in [0.25, 0.3) is 0 Å². The second kappa shape index (κ2) is 7.04. The summed E-state index contributed by atoms with van der Waals surface area (Å²) in [7, 11) is 0. The molecule has 4 heterocycles. The van der Waals surface area contributed by atoms with E-state index in [2.05, 4.69) is 40.5 Å². The maximum absolute atomic E-state index is 12.3. The highest BCUT2D eigenvalue weighted by atomic mass is 32.1. The predicted molar refractivity (Wildman–Crippen MR) is 107 cm³/mol. The molecule has 5 heteroatoms. The third kappa shape index (κ3) is 3.22. The van der Waals surface area contributed by atoms with Crippen molar-refractivity contribution in [2.75, 3.05) is 26.2 Å². The van der Waals surface area contributed by atoms with Gasteiger partial charge in [-0.25, -0.2) is 0 Å². The molecule has 4 atom stereocenters. The number of amides is 1. The normalized spacial score (nSPS) is 31.9. The number of likely N-dealkylation sites (tertiary alicyclic amines) is 1. The molecular formula is C22H26N2O2S. The second-order valence-electron chi connectivity index (χ2n) is 8.22. The minimum absolute atomic E-state index is 0.0408. The molecule has 2 bridgehead atoms. The second-order valence-corrected chi connectivity index (χ2v) is 9.00. The summed E-state index contributed by atoms with van der Waals surface area (Å²) in [4.78, 5) is 14.9. The van der Waals surface area contributed by atoms with Crippen molar-refractivity contribution in [3.63, 3.8) is 0 Å². The maximum Gasteiger partial charge on any atom is 0.252 e. The van der Waals surface area contributed by atoms with Crippen LogP contribution in [0.2, 0.25) is 0 Å². The fraction of sp³-hybridized carbons (Fsp3) is 0.500. The smallest absolute Gasteiger partial charge is 0.252 e. The van der Waals surface area contributed by atoms with Crippen molar-refractivity contribution >= 4 is 17.2 Å². The number of fused-ring (bicyclic) bond motifs is 1. The Kier molecular flexibility index (Phi) is 4.54. The molecule has 3 saturated heterocycles. The number of carbonyl (C=O) groups is 1. The zero-order valence-electron chi connectivity index (χ0n) is 15.5. The molecule has 1 amide bonds. The Hall–Kier alpha value is -1.69. The van der Waals surface area contributed by atoms with Crippen LogP contribution in [0.15, 0.2) is 47.2 Å². The number of ether oxygens (including phenoxy) is 1. The highest BCUT2D eigenvalue weighted by molar-refractivity contribution is 7.08. The van der Waals surface area contributed by atoms with E-state index in [1.165, 1.54) is 12.0 Å². The summed E-state index contributed by atoms with van der Waals surface area (Å²) in [5, 5.41) is 7.03. The van der Waals surface area contributed by atoms with Gasteiger partial charge in [0.1, 0.15) is 0 Å². The van der Waals surface area contributed by atoms with Crippen molar-refractivity contribution in [1.29, 1.82) is 0 Å². The van der Waals surface area contributed by atoms with Crippen LogP contribution in [0.5, 0.6) is 0 Å². The first-order valence-electron chi connectivity index (χ1n) is 9.98. The van der Waals surface area contributed by atoms with Crippen LogP contribution in [-0.2, 0) is 11.2 Å². The number of hydrogen-bond donors (Lipinski definition) is 1. The van der Waals surface area contributed by atoms with Crippen LogP contribution < -0.4 is 5.32 Å². The van der Waals surface area contributed by atoms with E-state index in [1.807, 2.05) is 16.8 Å². The fourth-order valence-electron chi connectivity index (χ4n) is 5.37. The first-order valence-corrected chi connectivity index (χ1v) is 10.9. The monoisotopic (exact) mass is 382 g/mol. The van der Waals surface area contributed by atoms with Crippen LogP contribution in [0.4, 0.5) is 0 Å². The molecule has 3 fully saturated rings. The Labute approximate surface area is 164 Å². The lowest BCUT2D eigenvalue weighted by molar-refractivity contribution is 0.00286. The van der Waals surface area contributed by atoms with Crippen molar-refractivity contribution in [3.05, 3.63) is 58.3 Å². The van der Waals surface area contributed by atoms with Gasteiger partial charge in [-0.2, -0.15) is 11.3 Å². The molecule has 4 nitrogen and oxygen atoms in total. The van der Waals surface area contributed by atoms with Gasteiger partial charge in [0, 0.05) is 49.0 Å². The number of rotatable bonds is 6. The first-order chi connectivity index (χ1) is 13.2. The molecule has 0 saturated carbocycles. The van der Waals surface area contributed by atoms with Crippen LogP contribution >= 0.6 is 11.3 Å². The molecule has 3 aliphatic rings. The van der Waals surface area contributed by atoms with E-state index in [0.29, 0.717) is 17.9 Å². The van der Waals surface area contributed by atoms with Gasteiger partial charge < -0.3 is 10.1 Å². The minimum atomic E-state index is 0.0408. The van der Waals surface area contributed by atoms with E-state index in [9.17, 15) is 4.79 Å². The van der Waals surface area contributed by atoms with Gasteiger partial charge in [-0.15, -0.1) is 0 Å². The molecule has 3 aliphatic heterocycles. The Balaban J connectivity index is 1.21. The molecule has 1 N–H and O–H groups in total. The van der Waals surface area contributed by atoms with E-state index in [0.717, 1.165) is 44.6 Å². The lowest BCUT2D eigenvalue weighted by atomic mass is 9.73. The highest BCUT2D eigenvalue weighted by Crippen LogP contribution is 2.54. The standard InChI is InChI=1S/C22H26N2O2S/c25-21(17-8-11-27-14-17)23-12-18-19-13-24(10-7-16-4-2-1-3-5-16)15-22(19)9-6-20(18)26-22/h1-5,8,11,14,18-20H,6-7,9-10,12-13,15H2,(H,23,25)/t18-,19+,20+,22+/m0/s1. The summed E-state index contributed by atoms with van der Waals surface area (Å²) in [6.45, 7) is 3.97. The van der Waals surface area contributed by atoms with Gasteiger partial charge in [-0.3, -0.25) is 9.69 Å². The number of nitrogens with one attached hydrogen (secondary N) is 1. The average molecular weight is 383 g/mol. The molecule has 2 aromatic rings. The molecule has 0 unspecified atom stereocenters. The van der Waals surface area contributed by atoms with Gasteiger partial charge in [0.2, 0.25) is 0 Å². The summed E-state index contributed by atoms with van der Waals surface area (Å²) in [6.07, 6.45) is 3.74. The average Bonchev–Trinajstić information content (AvgIpc) is 3.46. The fourth-order valence-corrected chi connectivity index (χ4v) is 6.00. The summed E-state index contributed by atoms with van der Waals surface area (Å²) in [5.74, 6) is 1.05. The van der Waals surface area contributed by atoms with Crippen LogP contribution in [0, 0.1) is 11.8 Å². The third-order valence-electron chi connectivity index (χ3n) is 6.70. The summed E-state index contributed by atoms with van der Waals surface area (Å²) < 4.78 is 6.51. The van der Waals surface area contributed by atoms with Crippen molar-refractivity contribution in [1.82, 2.24) is 10.2 Å². The van der Waals surface area contributed by atoms with Crippen molar-refractivity contribution in [2.24, 2.45) is 11.8 Å². The van der Waals surface area contributed by atoms with E-state index >= 15 is 0 Å². The Morgan fingerprint density at radius 1 is 1.30 bits per heavy atom. The SMILES string of the molecule is O=C(NC[C@H]1[C@H]2CN(CCc3ccccc3)C[C@]23CC[C@H]1O3)c1ccsc1. The number of nitrogens with zero attached hydrogens (tertiary/aromatic N) is 1. The summed E-state index contributed by atoms with van der Waals surface area (Å²) >= 11 is 1.56. The van der Waals surface area contributed by atoms with Gasteiger partial charge in [-0.1, -0.05) is 30.3 Å². The predicted octanol–water partition coefficient (Wildman–Crippen LogP) is 3.20. The maximum atomic E-state index is 12.3. The van der Waals surface area contributed by atoms with E-state index in [4.69, 9.17) is 4.74 Å².